The molecule has 0 saturated heterocycles. The van der Waals surface area contributed by atoms with Crippen molar-refractivity contribution in [3.05, 3.63) is 122 Å². The van der Waals surface area contributed by atoms with Crippen molar-refractivity contribution in [2.24, 2.45) is 0 Å². The molecule has 0 saturated carbocycles. The molecule has 0 N–H and O–H groups in total. The maximum absolute atomic E-state index is 4.34. The second-order valence-electron chi connectivity index (χ2n) is 10.3. The lowest BCUT2D eigenvalue weighted by molar-refractivity contribution is 1.36. The van der Waals surface area contributed by atoms with E-state index in [0.29, 0.717) is 0 Å². The lowest BCUT2D eigenvalue weighted by atomic mass is 9.92. The summed E-state index contributed by atoms with van der Waals surface area (Å²) in [5.41, 5.74) is 7.65. The molecule has 174 valence electrons. The fourth-order valence-electron chi connectivity index (χ4n) is 6.56. The van der Waals surface area contributed by atoms with Crippen molar-refractivity contribution in [1.82, 2.24) is 9.97 Å². The Labute approximate surface area is 218 Å². The minimum Gasteiger partial charge on any atom is -0.264 e. The van der Waals surface area contributed by atoms with Crippen molar-refractivity contribution in [3.63, 3.8) is 0 Å². The molecule has 0 fully saturated rings. The van der Waals surface area contributed by atoms with E-state index in [2.05, 4.69) is 107 Å². The van der Waals surface area contributed by atoms with Gasteiger partial charge in [-0.1, -0.05) is 72.8 Å². The van der Waals surface area contributed by atoms with Gasteiger partial charge < -0.3 is 0 Å². The summed E-state index contributed by atoms with van der Waals surface area (Å²) in [4.78, 5) is 8.69. The first-order chi connectivity index (χ1) is 18.8. The number of fused-ring (bicyclic) bond motifs is 3. The zero-order valence-corrected chi connectivity index (χ0v) is 20.4. The van der Waals surface area contributed by atoms with Crippen LogP contribution in [0.4, 0.5) is 0 Å². The number of pyridine rings is 2. The lowest BCUT2D eigenvalue weighted by Crippen LogP contribution is -1.84. The Hall–Kier alpha value is -5.08. The highest BCUT2D eigenvalue weighted by Crippen LogP contribution is 2.51. The normalized spacial score (nSPS) is 12.2. The van der Waals surface area contributed by atoms with Crippen LogP contribution in [0.1, 0.15) is 0 Å². The van der Waals surface area contributed by atoms with Gasteiger partial charge in [0.25, 0.3) is 0 Å². The predicted octanol–water partition coefficient (Wildman–Crippen LogP) is 9.56. The van der Waals surface area contributed by atoms with Gasteiger partial charge in [-0.05, 0) is 101 Å². The maximum Gasteiger partial charge on any atom is 0.0346 e. The molecule has 9 rings (SSSR count). The van der Waals surface area contributed by atoms with Crippen LogP contribution in [0, 0.1) is 0 Å². The largest absolute Gasteiger partial charge is 0.264 e. The summed E-state index contributed by atoms with van der Waals surface area (Å²) in [5.74, 6) is 0. The number of rotatable bonds is 2. The molecule has 8 aromatic rings. The topological polar surface area (TPSA) is 25.8 Å². The molecule has 0 radical (unpaired) electrons. The van der Waals surface area contributed by atoms with E-state index >= 15 is 0 Å². The lowest BCUT2D eigenvalue weighted by Gasteiger charge is -2.11. The standard InChI is InChI=1S/C36H20N2/c1-3-24(17-26-19-37-15-13-21(1)26)28-9-11-32-33-12-10-29(25-4-2-22-14-16-38-20-27(22)18-25)31-8-6-23-5-7-30(28)35(32)34(23)36(31)33/h1-20H. The average Bonchev–Trinajstić information content (AvgIpc) is 3.33. The van der Waals surface area contributed by atoms with Gasteiger partial charge in [0.1, 0.15) is 0 Å². The monoisotopic (exact) mass is 480 g/mol. The van der Waals surface area contributed by atoms with Crippen LogP contribution in [-0.2, 0) is 0 Å². The number of nitrogens with zero attached hydrogens (tertiary/aromatic N) is 2. The van der Waals surface area contributed by atoms with Crippen molar-refractivity contribution >= 4 is 53.9 Å². The Morgan fingerprint density at radius 1 is 0.342 bits per heavy atom. The van der Waals surface area contributed by atoms with Crippen LogP contribution in [0.25, 0.3) is 87.2 Å². The summed E-state index contributed by atoms with van der Waals surface area (Å²) in [6.07, 6.45) is 7.61. The molecule has 0 aliphatic heterocycles. The van der Waals surface area contributed by atoms with E-state index < -0.39 is 0 Å². The third kappa shape index (κ3) is 2.61. The molecule has 0 bridgehead atoms. The molecule has 2 heteroatoms. The minimum atomic E-state index is 1.17. The van der Waals surface area contributed by atoms with E-state index in [4.69, 9.17) is 0 Å². The zero-order chi connectivity index (χ0) is 24.8. The first kappa shape index (κ1) is 20.0. The Morgan fingerprint density at radius 2 is 0.816 bits per heavy atom. The molecule has 2 nitrogen and oxygen atoms in total. The molecule has 2 heterocycles. The molecule has 0 spiro atoms. The first-order valence-corrected chi connectivity index (χ1v) is 13.0. The fraction of sp³-hybridized carbons (Fsp3) is 0. The van der Waals surface area contributed by atoms with Gasteiger partial charge >= 0.3 is 0 Å². The molecule has 1 aliphatic carbocycles. The van der Waals surface area contributed by atoms with E-state index in [-0.39, 0.29) is 0 Å². The number of hydrogen-bond acceptors (Lipinski definition) is 2. The van der Waals surface area contributed by atoms with Crippen LogP contribution in [0.3, 0.4) is 0 Å². The third-order valence-corrected chi connectivity index (χ3v) is 8.33. The van der Waals surface area contributed by atoms with Crippen molar-refractivity contribution in [1.29, 1.82) is 0 Å². The van der Waals surface area contributed by atoms with Crippen molar-refractivity contribution in [2.45, 2.75) is 0 Å². The Balaban J connectivity index is 1.33. The Morgan fingerprint density at radius 3 is 1.34 bits per heavy atom. The molecule has 38 heavy (non-hydrogen) atoms. The molecule has 0 unspecified atom stereocenters. The Bertz CT molecular complexity index is 2140. The second-order valence-corrected chi connectivity index (χ2v) is 10.3. The highest BCUT2D eigenvalue weighted by molar-refractivity contribution is 6.35. The van der Waals surface area contributed by atoms with Gasteiger partial charge in [-0.3, -0.25) is 9.97 Å². The van der Waals surface area contributed by atoms with Gasteiger partial charge in [0.15, 0.2) is 0 Å². The van der Waals surface area contributed by atoms with Crippen LogP contribution in [0.2, 0.25) is 0 Å². The summed E-state index contributed by atoms with van der Waals surface area (Å²) in [5, 5.41) is 12.8. The summed E-state index contributed by atoms with van der Waals surface area (Å²) >= 11 is 0. The molecular weight excluding hydrogens is 460 g/mol. The van der Waals surface area contributed by atoms with Gasteiger partial charge in [0, 0.05) is 35.6 Å². The minimum absolute atomic E-state index is 1.17. The Kier molecular flexibility index (Phi) is 3.82. The van der Waals surface area contributed by atoms with Gasteiger partial charge in [0.05, 0.1) is 0 Å². The second kappa shape index (κ2) is 7.24. The van der Waals surface area contributed by atoms with Crippen molar-refractivity contribution in [3.8, 4) is 33.4 Å². The van der Waals surface area contributed by atoms with Gasteiger partial charge in [-0.15, -0.1) is 0 Å². The number of benzene rings is 6. The smallest absolute Gasteiger partial charge is 0.0346 e. The SMILES string of the molecule is c1cc2ccc(-c3ccc4c5c3ccc3ccc6c(-c7ccc8ccncc8c7)ccc-4c6c35)cc2cn1. The van der Waals surface area contributed by atoms with Gasteiger partial charge in [-0.2, -0.15) is 0 Å². The van der Waals surface area contributed by atoms with E-state index in [9.17, 15) is 0 Å². The number of hydrogen-bond donors (Lipinski definition) is 0. The van der Waals surface area contributed by atoms with E-state index in [0.717, 1.165) is 0 Å². The number of aromatic nitrogens is 2. The zero-order valence-electron chi connectivity index (χ0n) is 20.4. The van der Waals surface area contributed by atoms with Crippen LogP contribution >= 0.6 is 0 Å². The van der Waals surface area contributed by atoms with Crippen LogP contribution in [0.5, 0.6) is 0 Å². The summed E-state index contributed by atoms with van der Waals surface area (Å²) < 4.78 is 0. The quantitative estimate of drug-likeness (QED) is 0.230. The molecule has 1 aliphatic rings. The maximum atomic E-state index is 4.34. The first-order valence-electron chi connectivity index (χ1n) is 13.0. The third-order valence-electron chi connectivity index (χ3n) is 8.33. The van der Waals surface area contributed by atoms with E-state index in [1.54, 1.807) is 0 Å². The molecule has 2 aromatic heterocycles. The summed E-state index contributed by atoms with van der Waals surface area (Å²) in [6, 6.07) is 35.9. The highest BCUT2D eigenvalue weighted by Gasteiger charge is 2.23. The highest BCUT2D eigenvalue weighted by atomic mass is 14.6. The summed E-state index contributed by atoms with van der Waals surface area (Å²) in [7, 11) is 0. The fourth-order valence-corrected chi connectivity index (χ4v) is 6.56. The molecular formula is C36H20N2. The average molecular weight is 481 g/mol. The van der Waals surface area contributed by atoms with Gasteiger partial charge in [-0.25, -0.2) is 0 Å². The van der Waals surface area contributed by atoms with Crippen molar-refractivity contribution in [2.75, 3.05) is 0 Å². The van der Waals surface area contributed by atoms with E-state index in [1.165, 1.54) is 87.2 Å². The summed E-state index contributed by atoms with van der Waals surface area (Å²) in [6.45, 7) is 0. The van der Waals surface area contributed by atoms with Gasteiger partial charge in [0.2, 0.25) is 0 Å². The molecule has 6 aromatic carbocycles. The van der Waals surface area contributed by atoms with Crippen LogP contribution in [-0.4, -0.2) is 9.97 Å². The van der Waals surface area contributed by atoms with E-state index in [1.807, 2.05) is 24.8 Å². The predicted molar refractivity (Wildman–Crippen MR) is 159 cm³/mol. The van der Waals surface area contributed by atoms with Crippen molar-refractivity contribution < 1.29 is 0 Å². The van der Waals surface area contributed by atoms with Crippen LogP contribution < -0.4 is 0 Å². The molecule has 0 amide bonds. The van der Waals surface area contributed by atoms with Crippen LogP contribution in [0.15, 0.2) is 122 Å². The molecule has 0 atom stereocenters.